The molecule has 2 heterocycles. The van der Waals surface area contributed by atoms with Gasteiger partial charge in [0.05, 0.1) is 46.5 Å². The van der Waals surface area contributed by atoms with Gasteiger partial charge >= 0.3 is 20.2 Å². The van der Waals surface area contributed by atoms with Gasteiger partial charge in [-0.3, -0.25) is 4.90 Å². The second-order valence-electron chi connectivity index (χ2n) is 8.54. The molecule has 0 radical (unpaired) electrons. The number of benzene rings is 2. The molecule has 2 aromatic rings. The molecule has 2 fully saturated rings. The number of hydrogen-bond acceptors (Lipinski definition) is 7. The zero-order valence-corrected chi connectivity index (χ0v) is 21.7. The molecule has 2 aliphatic rings. The molecule has 0 saturated carbocycles. The van der Waals surface area contributed by atoms with E-state index in [1.54, 1.807) is 36.4 Å². The van der Waals surface area contributed by atoms with Gasteiger partial charge in [0.25, 0.3) is 0 Å². The second-order valence-corrected chi connectivity index (χ2v) is 11.2. The number of ether oxygens (including phenoxy) is 2. The Morgan fingerprint density at radius 2 is 1.95 bits per heavy atom. The summed E-state index contributed by atoms with van der Waals surface area (Å²) in [5.41, 5.74) is 2.09. The SMILES string of the molecule is O=C(NC[C@H]1CN(c2ccc(N3CCOCC3)c(F)c2)C(=O)O1)Nc1ccc(CC(PO)[P+](=O)O)cc1. The van der Waals surface area contributed by atoms with Crippen LogP contribution in [0.2, 0.25) is 0 Å². The summed E-state index contributed by atoms with van der Waals surface area (Å²) in [7, 11) is -3.12. The van der Waals surface area contributed by atoms with Crippen molar-refractivity contribution >= 4 is 46.0 Å². The Kier molecular flexibility index (Phi) is 9.23. The van der Waals surface area contributed by atoms with Gasteiger partial charge in [-0.15, -0.1) is 0 Å². The van der Waals surface area contributed by atoms with Gasteiger partial charge in [-0.25, -0.2) is 14.0 Å². The van der Waals surface area contributed by atoms with Gasteiger partial charge in [0.1, 0.15) is 11.9 Å². The summed E-state index contributed by atoms with van der Waals surface area (Å²) in [5.74, 6) is -0.434. The monoisotopic (exact) mass is 553 g/mol. The van der Waals surface area contributed by atoms with Crippen molar-refractivity contribution < 1.29 is 37.8 Å². The molecule has 11 nitrogen and oxygen atoms in total. The quantitative estimate of drug-likeness (QED) is 0.348. The number of anilines is 3. The van der Waals surface area contributed by atoms with Crippen LogP contribution in [0.15, 0.2) is 42.5 Å². The third-order valence-electron chi connectivity index (χ3n) is 6.02. The zero-order valence-electron chi connectivity index (χ0n) is 19.8. The van der Waals surface area contributed by atoms with Gasteiger partial charge in [-0.2, -0.15) is 4.89 Å². The number of carbonyl (C=O) groups excluding carboxylic acids is 2. The van der Waals surface area contributed by atoms with E-state index >= 15 is 0 Å². The average molecular weight is 553 g/mol. The van der Waals surface area contributed by atoms with Gasteiger partial charge in [0.15, 0.2) is 0 Å². The van der Waals surface area contributed by atoms with E-state index in [2.05, 4.69) is 10.6 Å². The molecule has 4 rings (SSSR count). The normalized spacial score (nSPS) is 19.2. The molecule has 14 heteroatoms. The van der Waals surface area contributed by atoms with E-state index in [0.29, 0.717) is 43.4 Å². The molecule has 2 saturated heterocycles. The molecule has 4 N–H and O–H groups in total. The molecule has 3 amide bonds. The molecule has 2 aliphatic heterocycles. The summed E-state index contributed by atoms with van der Waals surface area (Å²) in [6.07, 6.45) is -0.983. The van der Waals surface area contributed by atoms with Crippen LogP contribution in [0, 0.1) is 5.82 Å². The van der Waals surface area contributed by atoms with E-state index in [0.717, 1.165) is 5.56 Å². The Bertz CT molecular complexity index is 1130. The minimum atomic E-state index is -2.48. The number of carbonyl (C=O) groups is 2. The lowest BCUT2D eigenvalue weighted by Crippen LogP contribution is -2.37. The van der Waals surface area contributed by atoms with Gasteiger partial charge < -0.3 is 29.9 Å². The number of cyclic esters (lactones) is 1. The van der Waals surface area contributed by atoms with Crippen LogP contribution in [0.5, 0.6) is 0 Å². The Balaban J connectivity index is 1.26. The highest BCUT2D eigenvalue weighted by molar-refractivity contribution is 7.54. The Labute approximate surface area is 215 Å². The number of hydrogen-bond donors (Lipinski definition) is 4. The van der Waals surface area contributed by atoms with Crippen molar-refractivity contribution in [2.45, 2.75) is 17.9 Å². The van der Waals surface area contributed by atoms with Crippen LogP contribution in [0.1, 0.15) is 5.56 Å². The number of morpholine rings is 1. The highest BCUT2D eigenvalue weighted by atomic mass is 31.2. The molecule has 198 valence electrons. The van der Waals surface area contributed by atoms with Crippen LogP contribution in [-0.4, -0.2) is 72.8 Å². The molecule has 0 aliphatic carbocycles. The Hall–Kier alpha value is -2.88. The number of nitrogens with one attached hydrogen (secondary N) is 2. The highest BCUT2D eigenvalue weighted by Crippen LogP contribution is 2.37. The van der Waals surface area contributed by atoms with Crippen molar-refractivity contribution in [1.29, 1.82) is 0 Å². The first-order valence-electron chi connectivity index (χ1n) is 11.6. The third kappa shape index (κ3) is 7.12. The van der Waals surface area contributed by atoms with Crippen LogP contribution < -0.4 is 20.4 Å². The average Bonchev–Trinajstić information content (AvgIpc) is 3.27. The lowest BCUT2D eigenvalue weighted by atomic mass is 10.1. The number of halogens is 1. The standard InChI is InChI=1S/C23H27FN4O7P2/c24-19-12-17(5-6-20(19)27-7-9-34-10-8-27)28-14-18(35-23(28)30)13-25-22(29)26-16-3-1-15(2-4-16)11-21(36-31)37(32)33/h1-6,12,18,21,31,36H,7-11,13-14H2,(H2-,25,26,29,32,33)/p+1/t18-,21?/m0/s1. The molecule has 37 heavy (non-hydrogen) atoms. The van der Waals surface area contributed by atoms with Crippen LogP contribution in [0.3, 0.4) is 0 Å². The second kappa shape index (κ2) is 12.6. The largest absolute Gasteiger partial charge is 0.515 e. The first-order chi connectivity index (χ1) is 17.8. The lowest BCUT2D eigenvalue weighted by Gasteiger charge is -2.29. The fourth-order valence-electron chi connectivity index (χ4n) is 4.07. The third-order valence-corrected chi connectivity index (χ3v) is 8.24. The minimum Gasteiger partial charge on any atom is -0.442 e. The van der Waals surface area contributed by atoms with Crippen molar-refractivity contribution in [2.75, 3.05) is 54.5 Å². The smallest absolute Gasteiger partial charge is 0.442 e. The van der Waals surface area contributed by atoms with Crippen molar-refractivity contribution in [3.63, 3.8) is 0 Å². The number of nitrogens with zero attached hydrogens (tertiary/aromatic N) is 2. The molecule has 0 bridgehead atoms. The van der Waals surface area contributed by atoms with E-state index in [4.69, 9.17) is 9.47 Å². The topological polar surface area (TPSA) is 141 Å². The number of rotatable bonds is 9. The molecule has 4 atom stereocenters. The van der Waals surface area contributed by atoms with Gasteiger partial charge in [0.2, 0.25) is 5.40 Å². The van der Waals surface area contributed by atoms with Crippen molar-refractivity contribution in [2.24, 2.45) is 0 Å². The van der Waals surface area contributed by atoms with Crippen molar-refractivity contribution in [1.82, 2.24) is 5.32 Å². The van der Waals surface area contributed by atoms with Gasteiger partial charge in [-0.05, 0) is 40.5 Å². The maximum atomic E-state index is 14.8. The van der Waals surface area contributed by atoms with E-state index in [9.17, 15) is 28.3 Å². The number of urea groups is 1. The predicted molar refractivity (Wildman–Crippen MR) is 138 cm³/mol. The van der Waals surface area contributed by atoms with Crippen LogP contribution >= 0.6 is 16.8 Å². The summed E-state index contributed by atoms with van der Waals surface area (Å²) in [6.45, 7) is 2.48. The summed E-state index contributed by atoms with van der Waals surface area (Å²) in [4.78, 5) is 46.3. The van der Waals surface area contributed by atoms with E-state index in [1.807, 2.05) is 4.90 Å². The van der Waals surface area contributed by atoms with Crippen LogP contribution in [0.4, 0.5) is 31.0 Å². The van der Waals surface area contributed by atoms with Crippen molar-refractivity contribution in [3.8, 4) is 0 Å². The van der Waals surface area contributed by atoms with Crippen molar-refractivity contribution in [3.05, 3.63) is 53.8 Å². The zero-order chi connectivity index (χ0) is 26.4. The predicted octanol–water partition coefficient (Wildman–Crippen LogP) is 3.00. The van der Waals surface area contributed by atoms with Crippen LogP contribution in [-0.2, 0) is 20.5 Å². The fraction of sp³-hybridized carbons (Fsp3) is 0.391. The molecular weight excluding hydrogens is 525 g/mol. The van der Waals surface area contributed by atoms with Crippen LogP contribution in [0.25, 0.3) is 0 Å². The summed E-state index contributed by atoms with van der Waals surface area (Å²) in [6, 6.07) is 10.8. The Morgan fingerprint density at radius 1 is 1.22 bits per heavy atom. The molecule has 3 unspecified atom stereocenters. The van der Waals surface area contributed by atoms with E-state index in [1.165, 1.54) is 11.0 Å². The summed E-state index contributed by atoms with van der Waals surface area (Å²) < 4.78 is 36.6. The lowest BCUT2D eigenvalue weighted by molar-refractivity contribution is 0.122. The van der Waals surface area contributed by atoms with E-state index in [-0.39, 0.29) is 19.5 Å². The Morgan fingerprint density at radius 3 is 2.59 bits per heavy atom. The molecule has 0 aromatic heterocycles. The molecule has 2 aromatic carbocycles. The summed E-state index contributed by atoms with van der Waals surface area (Å²) in [5, 5.41) is 4.59. The first kappa shape index (κ1) is 27.2. The van der Waals surface area contributed by atoms with Gasteiger partial charge in [0, 0.05) is 25.2 Å². The minimum absolute atomic E-state index is 0.0587. The number of amides is 3. The first-order valence-corrected chi connectivity index (χ1v) is 13.9. The molecule has 0 spiro atoms. The maximum Gasteiger partial charge on any atom is 0.515 e. The highest BCUT2D eigenvalue weighted by Gasteiger charge is 2.33. The van der Waals surface area contributed by atoms with E-state index < -0.39 is 46.3 Å². The maximum absolute atomic E-state index is 14.8. The molecular formula is C23H28FN4O7P2+. The van der Waals surface area contributed by atoms with Gasteiger partial charge in [-0.1, -0.05) is 12.1 Å². The fourth-order valence-corrected chi connectivity index (χ4v) is 5.15. The summed E-state index contributed by atoms with van der Waals surface area (Å²) >= 11 is 0.